The maximum Gasteiger partial charge on any atom is 0.160 e. The smallest absolute Gasteiger partial charge is 0.160 e. The third-order valence-electron chi connectivity index (χ3n) is 9.08. The number of hydrogen-bond acceptors (Lipinski definition) is 4. The largest absolute Gasteiger partial charge is 0.245 e. The van der Waals surface area contributed by atoms with Crippen LogP contribution in [0.15, 0.2) is 182 Å². The minimum absolute atomic E-state index is 0.692. The summed E-state index contributed by atoms with van der Waals surface area (Å²) in [4.78, 5) is 20.6. The lowest BCUT2D eigenvalue weighted by Gasteiger charge is -2.13. The topological polar surface area (TPSA) is 51.6 Å². The van der Waals surface area contributed by atoms with Crippen LogP contribution < -0.4 is 0 Å². The predicted molar refractivity (Wildman–Crippen MR) is 205 cm³/mol. The second kappa shape index (κ2) is 12.7. The van der Waals surface area contributed by atoms with Gasteiger partial charge in [0.2, 0.25) is 0 Å². The van der Waals surface area contributed by atoms with E-state index < -0.39 is 0 Å². The van der Waals surface area contributed by atoms with Crippen molar-refractivity contribution >= 4 is 21.8 Å². The molecule has 9 rings (SSSR count). The van der Waals surface area contributed by atoms with Gasteiger partial charge in [-0.3, -0.25) is 0 Å². The maximum absolute atomic E-state index is 5.31. The molecule has 0 saturated heterocycles. The van der Waals surface area contributed by atoms with E-state index in [1.54, 1.807) is 0 Å². The highest BCUT2D eigenvalue weighted by Crippen LogP contribution is 2.36. The monoisotopic (exact) mass is 638 g/mol. The van der Waals surface area contributed by atoms with Crippen molar-refractivity contribution in [2.75, 3.05) is 0 Å². The molecule has 3 heterocycles. The molecular formula is C46H30N4. The Labute approximate surface area is 290 Å². The number of aromatic nitrogens is 4. The lowest BCUT2D eigenvalue weighted by molar-refractivity contribution is 1.18. The fourth-order valence-electron chi connectivity index (χ4n) is 6.55. The van der Waals surface area contributed by atoms with Gasteiger partial charge in [0.05, 0.1) is 33.8 Å². The summed E-state index contributed by atoms with van der Waals surface area (Å²) in [6.07, 6.45) is 0. The zero-order valence-electron chi connectivity index (χ0n) is 27.1. The molecule has 0 radical (unpaired) electrons. The molecule has 0 saturated carbocycles. The van der Waals surface area contributed by atoms with E-state index in [-0.39, 0.29) is 0 Å². The number of pyridine rings is 2. The fraction of sp³-hybridized carbons (Fsp3) is 0. The molecule has 0 amide bonds. The van der Waals surface area contributed by atoms with Crippen LogP contribution in [0.2, 0.25) is 0 Å². The minimum Gasteiger partial charge on any atom is -0.245 e. The van der Waals surface area contributed by atoms with Gasteiger partial charge in [-0.15, -0.1) is 0 Å². The SMILES string of the molecule is c1ccc(-c2cc(-c3cccc(-c4ccc5ccc6c(-c7ccccc7)cc(-c7ccccc7)nc6c5n4)c3)nc(-c3ccccc3)n2)cc1. The molecule has 0 N–H and O–H groups in total. The molecule has 0 spiro atoms. The molecule has 234 valence electrons. The summed E-state index contributed by atoms with van der Waals surface area (Å²) in [5.74, 6) is 0.692. The second-order valence-corrected chi connectivity index (χ2v) is 12.3. The van der Waals surface area contributed by atoms with E-state index in [1.165, 1.54) is 0 Å². The summed E-state index contributed by atoms with van der Waals surface area (Å²) in [6.45, 7) is 0. The Bertz CT molecular complexity index is 2560. The summed E-state index contributed by atoms with van der Waals surface area (Å²) in [5.41, 5.74) is 12.7. The van der Waals surface area contributed by atoms with Crippen LogP contribution in [-0.4, -0.2) is 19.9 Å². The standard InChI is InChI=1S/C46H30N4/c1-5-14-31(15-6-1)39-29-41(32-16-7-2-8-17-32)48-45-38(39)26-24-34-25-27-40(47-44(34)45)36-22-13-23-37(28-36)43-30-42(33-18-9-3-10-19-33)49-46(50-43)35-20-11-4-12-21-35/h1-30H. The molecule has 0 aliphatic carbocycles. The molecule has 3 aromatic heterocycles. The van der Waals surface area contributed by atoms with Gasteiger partial charge < -0.3 is 0 Å². The van der Waals surface area contributed by atoms with Crippen molar-refractivity contribution in [2.45, 2.75) is 0 Å². The van der Waals surface area contributed by atoms with Gasteiger partial charge in [-0.2, -0.15) is 0 Å². The van der Waals surface area contributed by atoms with Gasteiger partial charge in [-0.25, -0.2) is 19.9 Å². The van der Waals surface area contributed by atoms with Gasteiger partial charge in [-0.05, 0) is 35.4 Å². The Hall–Kier alpha value is -6.78. The molecule has 6 aromatic carbocycles. The van der Waals surface area contributed by atoms with Gasteiger partial charge in [0.1, 0.15) is 0 Å². The highest BCUT2D eigenvalue weighted by molar-refractivity contribution is 6.09. The van der Waals surface area contributed by atoms with Crippen LogP contribution in [0.4, 0.5) is 0 Å². The van der Waals surface area contributed by atoms with Gasteiger partial charge >= 0.3 is 0 Å². The quantitative estimate of drug-likeness (QED) is 0.170. The van der Waals surface area contributed by atoms with Crippen LogP contribution in [0, 0.1) is 0 Å². The molecule has 4 heteroatoms. The third-order valence-corrected chi connectivity index (χ3v) is 9.08. The van der Waals surface area contributed by atoms with Crippen molar-refractivity contribution in [3.63, 3.8) is 0 Å². The van der Waals surface area contributed by atoms with Crippen molar-refractivity contribution in [3.8, 4) is 67.5 Å². The number of nitrogens with zero attached hydrogens (tertiary/aromatic N) is 4. The Morgan fingerprint density at radius 1 is 0.280 bits per heavy atom. The van der Waals surface area contributed by atoms with E-state index in [0.717, 1.165) is 83.5 Å². The first-order chi connectivity index (χ1) is 24.8. The lowest BCUT2D eigenvalue weighted by Crippen LogP contribution is -1.96. The van der Waals surface area contributed by atoms with Gasteiger partial charge in [0.15, 0.2) is 5.82 Å². The average molecular weight is 639 g/mol. The first kappa shape index (κ1) is 29.4. The minimum atomic E-state index is 0.692. The molecule has 0 bridgehead atoms. The van der Waals surface area contributed by atoms with Gasteiger partial charge in [0, 0.05) is 38.6 Å². The van der Waals surface area contributed by atoms with Gasteiger partial charge in [-0.1, -0.05) is 158 Å². The number of rotatable bonds is 6. The van der Waals surface area contributed by atoms with Crippen LogP contribution in [-0.2, 0) is 0 Å². The van der Waals surface area contributed by atoms with Crippen LogP contribution in [0.1, 0.15) is 0 Å². The number of hydrogen-bond donors (Lipinski definition) is 0. The van der Waals surface area contributed by atoms with Crippen molar-refractivity contribution in [1.29, 1.82) is 0 Å². The molecule has 4 nitrogen and oxygen atoms in total. The Morgan fingerprint density at radius 2 is 0.760 bits per heavy atom. The summed E-state index contributed by atoms with van der Waals surface area (Å²) >= 11 is 0. The number of benzene rings is 6. The number of fused-ring (bicyclic) bond motifs is 3. The molecule has 0 aliphatic rings. The highest BCUT2D eigenvalue weighted by Gasteiger charge is 2.15. The van der Waals surface area contributed by atoms with E-state index >= 15 is 0 Å². The molecule has 9 aromatic rings. The van der Waals surface area contributed by atoms with E-state index in [0.29, 0.717) is 5.82 Å². The molecule has 0 aliphatic heterocycles. The van der Waals surface area contributed by atoms with Crippen LogP contribution in [0.5, 0.6) is 0 Å². The molecule has 0 atom stereocenters. The Kier molecular flexibility index (Phi) is 7.45. The van der Waals surface area contributed by atoms with E-state index in [2.05, 4.69) is 127 Å². The Balaban J connectivity index is 1.20. The first-order valence-electron chi connectivity index (χ1n) is 16.7. The summed E-state index contributed by atoms with van der Waals surface area (Å²) in [5, 5.41) is 2.12. The normalized spacial score (nSPS) is 11.2. The highest BCUT2D eigenvalue weighted by atomic mass is 14.9. The fourth-order valence-corrected chi connectivity index (χ4v) is 6.55. The van der Waals surface area contributed by atoms with Crippen LogP contribution >= 0.6 is 0 Å². The zero-order valence-corrected chi connectivity index (χ0v) is 27.1. The molecule has 0 fully saturated rings. The molecular weight excluding hydrogens is 609 g/mol. The lowest BCUT2D eigenvalue weighted by atomic mass is 9.97. The van der Waals surface area contributed by atoms with E-state index in [9.17, 15) is 0 Å². The van der Waals surface area contributed by atoms with Gasteiger partial charge in [0.25, 0.3) is 0 Å². The Morgan fingerprint density at radius 3 is 1.40 bits per heavy atom. The predicted octanol–water partition coefficient (Wildman–Crippen LogP) is 11.6. The summed E-state index contributed by atoms with van der Waals surface area (Å²) in [7, 11) is 0. The van der Waals surface area contributed by atoms with Crippen LogP contribution in [0.3, 0.4) is 0 Å². The van der Waals surface area contributed by atoms with Crippen LogP contribution in [0.25, 0.3) is 89.4 Å². The van der Waals surface area contributed by atoms with E-state index in [4.69, 9.17) is 19.9 Å². The second-order valence-electron chi connectivity index (χ2n) is 12.3. The first-order valence-corrected chi connectivity index (χ1v) is 16.7. The summed E-state index contributed by atoms with van der Waals surface area (Å²) in [6, 6.07) is 62.6. The van der Waals surface area contributed by atoms with Crippen molar-refractivity contribution in [3.05, 3.63) is 182 Å². The zero-order chi connectivity index (χ0) is 33.3. The average Bonchev–Trinajstić information content (AvgIpc) is 3.21. The molecule has 50 heavy (non-hydrogen) atoms. The van der Waals surface area contributed by atoms with Crippen molar-refractivity contribution in [2.24, 2.45) is 0 Å². The molecule has 0 unspecified atom stereocenters. The van der Waals surface area contributed by atoms with Crippen molar-refractivity contribution < 1.29 is 0 Å². The van der Waals surface area contributed by atoms with E-state index in [1.807, 2.05) is 54.6 Å². The van der Waals surface area contributed by atoms with Crippen molar-refractivity contribution in [1.82, 2.24) is 19.9 Å². The summed E-state index contributed by atoms with van der Waals surface area (Å²) < 4.78 is 0. The third kappa shape index (κ3) is 5.59. The maximum atomic E-state index is 5.31.